The molecule has 1 amide bonds. The van der Waals surface area contributed by atoms with Crippen LogP contribution in [0.25, 0.3) is 0 Å². The molecule has 0 aromatic carbocycles. The van der Waals surface area contributed by atoms with Crippen LogP contribution < -0.4 is 5.32 Å². The Bertz CT molecular complexity index is 116. The molecule has 0 spiro atoms. The topological polar surface area (TPSA) is 52.6 Å². The molecule has 0 aliphatic carbocycles. The quantitative estimate of drug-likeness (QED) is 0.662. The minimum atomic E-state index is -0.995. The van der Waals surface area contributed by atoms with Crippen molar-refractivity contribution < 1.29 is 9.90 Å². The average molecular weight is 190 g/mol. The molecule has 0 atom stereocenters. The first kappa shape index (κ1) is 14.7. The first-order valence-electron chi connectivity index (χ1n) is 4.60. The molecule has 0 aromatic rings. The lowest BCUT2D eigenvalue weighted by Crippen LogP contribution is -2.13. The number of unbranched alkanes of at least 4 members (excludes halogenated alkanes) is 2. The second kappa shape index (κ2) is 11.2. The minimum absolute atomic E-state index is 0.995. The van der Waals surface area contributed by atoms with Gasteiger partial charge in [-0.1, -0.05) is 19.8 Å². The first-order valence-corrected chi connectivity index (χ1v) is 4.60. The molecular formula is C9H22N2O2. The number of rotatable bonds is 4. The summed E-state index contributed by atoms with van der Waals surface area (Å²) in [5, 5.41) is 9.56. The highest BCUT2D eigenvalue weighted by Crippen LogP contribution is 1.93. The van der Waals surface area contributed by atoms with Gasteiger partial charge in [0.05, 0.1) is 0 Å². The largest absolute Gasteiger partial charge is 0.465 e. The molecule has 0 radical (unpaired) electrons. The third kappa shape index (κ3) is 24.6. The van der Waals surface area contributed by atoms with Crippen LogP contribution in [0.1, 0.15) is 26.2 Å². The SMILES string of the molecule is CCCCCN(C)C.CNC(=O)O. The summed E-state index contributed by atoms with van der Waals surface area (Å²) < 4.78 is 0. The van der Waals surface area contributed by atoms with E-state index in [0.29, 0.717) is 0 Å². The Morgan fingerprint density at radius 3 is 2.08 bits per heavy atom. The predicted molar refractivity (Wildman–Crippen MR) is 55.2 cm³/mol. The second-order valence-electron chi connectivity index (χ2n) is 3.07. The summed E-state index contributed by atoms with van der Waals surface area (Å²) in [6.07, 6.45) is 3.06. The maximum absolute atomic E-state index is 9.26. The van der Waals surface area contributed by atoms with Gasteiger partial charge < -0.3 is 15.3 Å². The number of nitrogens with zero attached hydrogens (tertiary/aromatic N) is 1. The van der Waals surface area contributed by atoms with Gasteiger partial charge in [0.2, 0.25) is 0 Å². The van der Waals surface area contributed by atoms with Gasteiger partial charge in [-0.15, -0.1) is 0 Å². The van der Waals surface area contributed by atoms with Gasteiger partial charge in [0.15, 0.2) is 0 Å². The summed E-state index contributed by atoms with van der Waals surface area (Å²) in [5.41, 5.74) is 0. The van der Waals surface area contributed by atoms with Gasteiger partial charge in [-0.2, -0.15) is 0 Å². The molecule has 0 saturated heterocycles. The van der Waals surface area contributed by atoms with Crippen LogP contribution in [0.4, 0.5) is 4.79 Å². The molecule has 0 bridgehead atoms. The van der Waals surface area contributed by atoms with Gasteiger partial charge in [0.25, 0.3) is 0 Å². The van der Waals surface area contributed by atoms with E-state index < -0.39 is 6.09 Å². The van der Waals surface area contributed by atoms with E-state index in [1.807, 2.05) is 5.32 Å². The van der Waals surface area contributed by atoms with Crippen molar-refractivity contribution in [3.8, 4) is 0 Å². The van der Waals surface area contributed by atoms with Gasteiger partial charge in [-0.05, 0) is 27.1 Å². The fourth-order valence-corrected chi connectivity index (χ4v) is 0.678. The van der Waals surface area contributed by atoms with E-state index in [4.69, 9.17) is 5.11 Å². The fraction of sp³-hybridized carbons (Fsp3) is 0.889. The van der Waals surface area contributed by atoms with E-state index in [1.54, 1.807) is 0 Å². The van der Waals surface area contributed by atoms with Gasteiger partial charge >= 0.3 is 6.09 Å². The smallest absolute Gasteiger partial charge is 0.404 e. The van der Waals surface area contributed by atoms with Gasteiger partial charge in [-0.25, -0.2) is 4.79 Å². The molecule has 4 heteroatoms. The summed E-state index contributed by atoms with van der Waals surface area (Å²) in [6.45, 7) is 3.48. The molecule has 0 aliphatic rings. The highest BCUT2D eigenvalue weighted by Gasteiger charge is 1.86. The lowest BCUT2D eigenvalue weighted by atomic mass is 10.2. The van der Waals surface area contributed by atoms with Crippen LogP contribution in [0.3, 0.4) is 0 Å². The molecule has 0 rings (SSSR count). The zero-order chi connectivity index (χ0) is 10.7. The van der Waals surface area contributed by atoms with Crippen molar-refractivity contribution in [2.45, 2.75) is 26.2 Å². The molecule has 13 heavy (non-hydrogen) atoms. The molecule has 4 nitrogen and oxygen atoms in total. The van der Waals surface area contributed by atoms with Crippen molar-refractivity contribution in [2.24, 2.45) is 0 Å². The Hall–Kier alpha value is -0.770. The molecule has 0 aliphatic heterocycles. The Labute approximate surface area is 80.9 Å². The summed E-state index contributed by atoms with van der Waals surface area (Å²) >= 11 is 0. The lowest BCUT2D eigenvalue weighted by molar-refractivity contribution is 0.197. The minimum Gasteiger partial charge on any atom is -0.465 e. The molecular weight excluding hydrogens is 168 g/mol. The van der Waals surface area contributed by atoms with E-state index in [0.717, 1.165) is 0 Å². The number of carboxylic acid groups (broad SMARTS) is 1. The van der Waals surface area contributed by atoms with Crippen molar-refractivity contribution in [3.63, 3.8) is 0 Å². The van der Waals surface area contributed by atoms with Crippen LogP contribution in [0.15, 0.2) is 0 Å². The number of carbonyl (C=O) groups is 1. The molecule has 80 valence electrons. The van der Waals surface area contributed by atoms with Crippen LogP contribution in [-0.4, -0.2) is 43.8 Å². The zero-order valence-electron chi connectivity index (χ0n) is 9.13. The number of amides is 1. The summed E-state index contributed by atoms with van der Waals surface area (Å²) in [6, 6.07) is 0. The summed E-state index contributed by atoms with van der Waals surface area (Å²) in [5.74, 6) is 0. The molecule has 0 aromatic heterocycles. The van der Waals surface area contributed by atoms with Crippen molar-refractivity contribution >= 4 is 6.09 Å². The Morgan fingerprint density at radius 2 is 1.85 bits per heavy atom. The van der Waals surface area contributed by atoms with Crippen LogP contribution in [0.2, 0.25) is 0 Å². The Balaban J connectivity index is 0. The first-order chi connectivity index (χ1) is 6.04. The summed E-state index contributed by atoms with van der Waals surface area (Å²) in [7, 11) is 5.59. The zero-order valence-corrected chi connectivity index (χ0v) is 9.13. The maximum atomic E-state index is 9.26. The Kier molecular flexibility index (Phi) is 12.7. The van der Waals surface area contributed by atoms with E-state index >= 15 is 0 Å². The number of nitrogens with one attached hydrogen (secondary N) is 1. The van der Waals surface area contributed by atoms with Crippen molar-refractivity contribution in [2.75, 3.05) is 27.7 Å². The van der Waals surface area contributed by atoms with Gasteiger partial charge in [0, 0.05) is 7.05 Å². The number of hydrogen-bond acceptors (Lipinski definition) is 2. The average Bonchev–Trinajstić information content (AvgIpc) is 2.05. The Morgan fingerprint density at radius 1 is 1.38 bits per heavy atom. The van der Waals surface area contributed by atoms with Crippen molar-refractivity contribution in [1.82, 2.24) is 10.2 Å². The maximum Gasteiger partial charge on any atom is 0.404 e. The molecule has 0 heterocycles. The van der Waals surface area contributed by atoms with Crippen molar-refractivity contribution in [1.29, 1.82) is 0 Å². The van der Waals surface area contributed by atoms with Crippen LogP contribution in [0, 0.1) is 0 Å². The van der Waals surface area contributed by atoms with Crippen LogP contribution in [0.5, 0.6) is 0 Å². The molecule has 0 fully saturated rings. The molecule has 2 N–H and O–H groups in total. The van der Waals surface area contributed by atoms with Crippen LogP contribution >= 0.6 is 0 Å². The van der Waals surface area contributed by atoms with E-state index in [-0.39, 0.29) is 0 Å². The van der Waals surface area contributed by atoms with Crippen LogP contribution in [-0.2, 0) is 0 Å². The molecule has 0 saturated carbocycles. The highest BCUT2D eigenvalue weighted by atomic mass is 16.4. The predicted octanol–water partition coefficient (Wildman–Crippen LogP) is 1.62. The lowest BCUT2D eigenvalue weighted by Gasteiger charge is -2.06. The third-order valence-corrected chi connectivity index (χ3v) is 1.42. The van der Waals surface area contributed by atoms with Gasteiger partial charge in [0.1, 0.15) is 0 Å². The van der Waals surface area contributed by atoms with Crippen molar-refractivity contribution in [3.05, 3.63) is 0 Å². The summed E-state index contributed by atoms with van der Waals surface area (Å²) in [4.78, 5) is 11.5. The monoisotopic (exact) mass is 190 g/mol. The third-order valence-electron chi connectivity index (χ3n) is 1.42. The van der Waals surface area contributed by atoms with Gasteiger partial charge in [-0.3, -0.25) is 0 Å². The standard InChI is InChI=1S/C7H17N.C2H5NO2/c1-4-5-6-7-8(2)3;1-3-2(4)5/h4-7H2,1-3H3;3H,1H3,(H,4,5). The second-order valence-corrected chi connectivity index (χ2v) is 3.07. The normalized spacial score (nSPS) is 9.00. The number of hydrogen-bond donors (Lipinski definition) is 2. The molecule has 0 unspecified atom stereocenters. The van der Waals surface area contributed by atoms with E-state index in [2.05, 4.69) is 25.9 Å². The fourth-order valence-electron chi connectivity index (χ4n) is 0.678. The highest BCUT2D eigenvalue weighted by molar-refractivity contribution is 5.63. The van der Waals surface area contributed by atoms with E-state index in [1.165, 1.54) is 32.9 Å². The van der Waals surface area contributed by atoms with E-state index in [9.17, 15) is 4.79 Å².